The Balaban J connectivity index is 2.98. The SMILES string of the molecule is CC=CCN(C)c1ccccc1C(=O)OC. The van der Waals surface area contributed by atoms with Crippen molar-refractivity contribution >= 4 is 11.7 Å². The standard InChI is InChI=1S/C13H17NO2/c1-4-5-10-14(2)12-9-7-6-8-11(12)13(15)16-3/h4-9H,10H2,1-3H3. The van der Waals surface area contributed by atoms with Crippen LogP contribution in [0.3, 0.4) is 0 Å². The molecule has 0 aliphatic rings. The molecule has 0 aliphatic carbocycles. The molecule has 1 rings (SSSR count). The molecule has 3 nitrogen and oxygen atoms in total. The minimum atomic E-state index is -0.303. The molecule has 0 spiro atoms. The monoisotopic (exact) mass is 219 g/mol. The second-order valence-corrected chi connectivity index (χ2v) is 3.46. The molecule has 0 radical (unpaired) electrons. The van der Waals surface area contributed by atoms with Crippen LogP contribution in [-0.2, 0) is 4.74 Å². The lowest BCUT2D eigenvalue weighted by Crippen LogP contribution is -2.20. The fourth-order valence-electron chi connectivity index (χ4n) is 1.45. The van der Waals surface area contributed by atoms with Gasteiger partial charge in [0.05, 0.1) is 18.4 Å². The van der Waals surface area contributed by atoms with Crippen molar-refractivity contribution in [3.8, 4) is 0 Å². The molecule has 0 aromatic heterocycles. The maximum Gasteiger partial charge on any atom is 0.339 e. The lowest BCUT2D eigenvalue weighted by molar-refractivity contribution is 0.0601. The molecule has 1 aromatic carbocycles. The summed E-state index contributed by atoms with van der Waals surface area (Å²) in [5, 5.41) is 0. The average molecular weight is 219 g/mol. The lowest BCUT2D eigenvalue weighted by atomic mass is 10.1. The van der Waals surface area contributed by atoms with Gasteiger partial charge in [-0.2, -0.15) is 0 Å². The van der Waals surface area contributed by atoms with Crippen molar-refractivity contribution < 1.29 is 9.53 Å². The minimum absolute atomic E-state index is 0.303. The number of hydrogen-bond acceptors (Lipinski definition) is 3. The number of para-hydroxylation sites is 1. The van der Waals surface area contributed by atoms with Gasteiger partial charge in [0.25, 0.3) is 0 Å². The lowest BCUT2D eigenvalue weighted by Gasteiger charge is -2.19. The van der Waals surface area contributed by atoms with Crippen LogP contribution in [0.5, 0.6) is 0 Å². The smallest absolute Gasteiger partial charge is 0.339 e. The fraction of sp³-hybridized carbons (Fsp3) is 0.308. The quantitative estimate of drug-likeness (QED) is 0.575. The van der Waals surface area contributed by atoms with Gasteiger partial charge in [0, 0.05) is 13.6 Å². The van der Waals surface area contributed by atoms with E-state index in [1.807, 2.05) is 49.2 Å². The van der Waals surface area contributed by atoms with Crippen molar-refractivity contribution in [2.75, 3.05) is 25.6 Å². The minimum Gasteiger partial charge on any atom is -0.465 e. The number of nitrogens with zero attached hydrogens (tertiary/aromatic N) is 1. The van der Waals surface area contributed by atoms with Crippen LogP contribution in [-0.4, -0.2) is 26.7 Å². The van der Waals surface area contributed by atoms with Gasteiger partial charge in [-0.15, -0.1) is 0 Å². The van der Waals surface area contributed by atoms with Crippen LogP contribution in [0, 0.1) is 0 Å². The third-order valence-electron chi connectivity index (χ3n) is 2.34. The van der Waals surface area contributed by atoms with Gasteiger partial charge in [-0.3, -0.25) is 0 Å². The van der Waals surface area contributed by atoms with E-state index in [-0.39, 0.29) is 5.97 Å². The fourth-order valence-corrected chi connectivity index (χ4v) is 1.45. The van der Waals surface area contributed by atoms with Gasteiger partial charge in [-0.05, 0) is 19.1 Å². The van der Waals surface area contributed by atoms with E-state index in [1.165, 1.54) is 7.11 Å². The van der Waals surface area contributed by atoms with Crippen molar-refractivity contribution in [1.29, 1.82) is 0 Å². The summed E-state index contributed by atoms with van der Waals surface area (Å²) in [6.45, 7) is 2.74. The van der Waals surface area contributed by atoms with Crippen molar-refractivity contribution in [3.05, 3.63) is 42.0 Å². The highest BCUT2D eigenvalue weighted by molar-refractivity contribution is 5.95. The van der Waals surface area contributed by atoms with Crippen molar-refractivity contribution in [1.82, 2.24) is 0 Å². The molecule has 0 saturated heterocycles. The third kappa shape index (κ3) is 2.86. The first-order valence-electron chi connectivity index (χ1n) is 5.20. The Kier molecular flexibility index (Phi) is 4.58. The Hall–Kier alpha value is -1.77. The first kappa shape index (κ1) is 12.3. The number of esters is 1. The summed E-state index contributed by atoms with van der Waals surface area (Å²) in [6, 6.07) is 7.43. The van der Waals surface area contributed by atoms with Gasteiger partial charge in [0.2, 0.25) is 0 Å². The van der Waals surface area contributed by atoms with Gasteiger partial charge in [0.15, 0.2) is 0 Å². The Labute approximate surface area is 96.3 Å². The predicted octanol–water partition coefficient (Wildman–Crippen LogP) is 2.49. The van der Waals surface area contributed by atoms with Crippen LogP contribution in [0.1, 0.15) is 17.3 Å². The third-order valence-corrected chi connectivity index (χ3v) is 2.34. The Morgan fingerprint density at radius 3 is 2.75 bits per heavy atom. The molecule has 0 amide bonds. The Bertz CT molecular complexity index is 385. The molecule has 0 saturated carbocycles. The molecule has 0 N–H and O–H groups in total. The summed E-state index contributed by atoms with van der Waals surface area (Å²) in [7, 11) is 3.34. The van der Waals surface area contributed by atoms with Gasteiger partial charge in [-0.1, -0.05) is 24.3 Å². The van der Waals surface area contributed by atoms with E-state index in [0.29, 0.717) is 5.56 Å². The number of likely N-dealkylation sites (N-methyl/N-ethyl adjacent to an activating group) is 1. The topological polar surface area (TPSA) is 29.5 Å². The maximum atomic E-state index is 11.5. The normalized spacial score (nSPS) is 10.4. The molecule has 86 valence electrons. The summed E-state index contributed by atoms with van der Waals surface area (Å²) < 4.78 is 4.75. The predicted molar refractivity (Wildman–Crippen MR) is 65.9 cm³/mol. The van der Waals surface area contributed by atoms with Crippen LogP contribution >= 0.6 is 0 Å². The van der Waals surface area contributed by atoms with E-state index in [0.717, 1.165) is 12.2 Å². The van der Waals surface area contributed by atoms with E-state index in [2.05, 4.69) is 0 Å². The van der Waals surface area contributed by atoms with E-state index in [4.69, 9.17) is 4.74 Å². The highest BCUT2D eigenvalue weighted by Crippen LogP contribution is 2.19. The zero-order chi connectivity index (χ0) is 12.0. The van der Waals surface area contributed by atoms with Crippen LogP contribution in [0.4, 0.5) is 5.69 Å². The number of carbonyl (C=O) groups excluding carboxylic acids is 1. The number of carbonyl (C=O) groups is 1. The zero-order valence-electron chi connectivity index (χ0n) is 9.93. The first-order valence-corrected chi connectivity index (χ1v) is 5.20. The number of hydrogen-bond donors (Lipinski definition) is 0. The number of benzene rings is 1. The first-order chi connectivity index (χ1) is 7.70. The largest absolute Gasteiger partial charge is 0.465 e. The maximum absolute atomic E-state index is 11.5. The Morgan fingerprint density at radius 2 is 2.12 bits per heavy atom. The molecular formula is C13H17NO2. The molecule has 0 fully saturated rings. The van der Waals surface area contributed by atoms with Gasteiger partial charge >= 0.3 is 5.97 Å². The molecule has 0 bridgehead atoms. The van der Waals surface area contributed by atoms with Gasteiger partial charge in [0.1, 0.15) is 0 Å². The van der Waals surface area contributed by atoms with Crippen LogP contribution in [0.25, 0.3) is 0 Å². The highest BCUT2D eigenvalue weighted by atomic mass is 16.5. The van der Waals surface area contributed by atoms with E-state index in [1.54, 1.807) is 6.07 Å². The molecule has 0 unspecified atom stereocenters. The molecule has 3 heteroatoms. The summed E-state index contributed by atoms with van der Waals surface area (Å²) in [6.07, 6.45) is 4.02. The summed E-state index contributed by atoms with van der Waals surface area (Å²) in [5.74, 6) is -0.303. The number of rotatable bonds is 4. The highest BCUT2D eigenvalue weighted by Gasteiger charge is 2.12. The molecular weight excluding hydrogens is 202 g/mol. The molecule has 1 aromatic rings. The Morgan fingerprint density at radius 1 is 1.44 bits per heavy atom. The zero-order valence-corrected chi connectivity index (χ0v) is 9.93. The number of methoxy groups -OCH3 is 1. The van der Waals surface area contributed by atoms with E-state index < -0.39 is 0 Å². The average Bonchev–Trinajstić information content (AvgIpc) is 2.35. The molecule has 16 heavy (non-hydrogen) atoms. The molecule has 0 heterocycles. The van der Waals surface area contributed by atoms with Crippen LogP contribution in [0.2, 0.25) is 0 Å². The van der Waals surface area contributed by atoms with Crippen molar-refractivity contribution in [2.24, 2.45) is 0 Å². The summed E-state index contributed by atoms with van der Waals surface area (Å²) >= 11 is 0. The number of allylic oxidation sites excluding steroid dienone is 1. The van der Waals surface area contributed by atoms with Crippen LogP contribution < -0.4 is 4.90 Å². The van der Waals surface area contributed by atoms with Crippen molar-refractivity contribution in [2.45, 2.75) is 6.92 Å². The van der Waals surface area contributed by atoms with Gasteiger partial charge < -0.3 is 9.64 Å². The second kappa shape index (κ2) is 5.95. The number of ether oxygens (including phenoxy) is 1. The summed E-state index contributed by atoms with van der Waals surface area (Å²) in [4.78, 5) is 13.6. The molecule has 0 aliphatic heterocycles. The van der Waals surface area contributed by atoms with E-state index >= 15 is 0 Å². The molecule has 0 atom stereocenters. The van der Waals surface area contributed by atoms with E-state index in [9.17, 15) is 4.79 Å². The second-order valence-electron chi connectivity index (χ2n) is 3.46. The van der Waals surface area contributed by atoms with Crippen LogP contribution in [0.15, 0.2) is 36.4 Å². The summed E-state index contributed by atoms with van der Waals surface area (Å²) in [5.41, 5.74) is 1.48. The van der Waals surface area contributed by atoms with Gasteiger partial charge in [-0.25, -0.2) is 4.79 Å². The number of anilines is 1. The van der Waals surface area contributed by atoms with Crippen molar-refractivity contribution in [3.63, 3.8) is 0 Å².